The van der Waals surface area contributed by atoms with Crippen LogP contribution in [0.15, 0.2) is 18.3 Å². The van der Waals surface area contributed by atoms with Crippen molar-refractivity contribution in [2.75, 3.05) is 0 Å². The van der Waals surface area contributed by atoms with Gasteiger partial charge >= 0.3 is 0 Å². The van der Waals surface area contributed by atoms with Crippen LogP contribution in [0, 0.1) is 0 Å². The van der Waals surface area contributed by atoms with E-state index in [0.29, 0.717) is 17.1 Å². The van der Waals surface area contributed by atoms with Crippen LogP contribution in [0.4, 0.5) is 0 Å². The van der Waals surface area contributed by atoms with E-state index < -0.39 is 0 Å². The van der Waals surface area contributed by atoms with E-state index in [1.807, 2.05) is 12.3 Å². The molecule has 0 fully saturated rings. The van der Waals surface area contributed by atoms with Crippen LogP contribution < -0.4 is 4.99 Å². The van der Waals surface area contributed by atoms with Gasteiger partial charge in [-0.15, -0.1) is 0 Å². The lowest BCUT2D eigenvalue weighted by molar-refractivity contribution is -0.489. The maximum atomic E-state index is 5.78. The minimum atomic E-state index is 0.509. The van der Waals surface area contributed by atoms with E-state index in [-0.39, 0.29) is 0 Å². The van der Waals surface area contributed by atoms with Gasteiger partial charge in [0.2, 0.25) is 0 Å². The molecule has 80 valence electrons. The van der Waals surface area contributed by atoms with E-state index in [2.05, 4.69) is 29.9 Å². The highest BCUT2D eigenvalue weighted by Gasteiger charge is 2.31. The molecule has 2 nitrogen and oxygen atoms in total. The molecule has 0 aliphatic carbocycles. The van der Waals surface area contributed by atoms with Crippen LogP contribution in [0.5, 0.6) is 0 Å². The topological polar surface area (TPSA) is 26.9 Å². The van der Waals surface area contributed by atoms with E-state index in [4.69, 9.17) is 11.6 Å². The van der Waals surface area contributed by atoms with E-state index in [0.717, 1.165) is 12.8 Å². The first-order valence-corrected chi connectivity index (χ1v) is 5.82. The van der Waals surface area contributed by atoms with Gasteiger partial charge in [-0.25, -0.2) is 9.98 Å². The standard InChI is InChI=1S/C12H15ClN2/c1-3-11-10(6-8(2)15-11)9-4-5-12(13)14-7-9/h4-5,7-8,10H,3,6H2,1-2H3/p+1/t8-,10?/m1/s1. The molecule has 0 spiro atoms. The van der Waals surface area contributed by atoms with Crippen molar-refractivity contribution in [2.45, 2.75) is 38.6 Å². The fourth-order valence-electron chi connectivity index (χ4n) is 2.25. The van der Waals surface area contributed by atoms with Gasteiger partial charge in [0.15, 0.2) is 5.71 Å². The second-order valence-corrected chi connectivity index (χ2v) is 4.51. The van der Waals surface area contributed by atoms with E-state index in [1.54, 1.807) is 0 Å². The third-order valence-corrected chi connectivity index (χ3v) is 3.20. The molecule has 1 aromatic heterocycles. The van der Waals surface area contributed by atoms with Crippen LogP contribution in [0.3, 0.4) is 0 Å². The highest BCUT2D eigenvalue weighted by molar-refractivity contribution is 6.29. The van der Waals surface area contributed by atoms with Crippen molar-refractivity contribution in [3.63, 3.8) is 0 Å². The molecule has 2 heterocycles. The smallest absolute Gasteiger partial charge is 0.158 e. The number of hydrogen-bond acceptors (Lipinski definition) is 1. The first-order chi connectivity index (χ1) is 7.20. The molecule has 0 saturated heterocycles. The Hall–Kier alpha value is -0.890. The monoisotopic (exact) mass is 223 g/mol. The molecule has 1 unspecified atom stereocenters. The molecule has 0 amide bonds. The zero-order valence-electron chi connectivity index (χ0n) is 9.13. The summed E-state index contributed by atoms with van der Waals surface area (Å²) in [5.74, 6) is 0.509. The maximum absolute atomic E-state index is 5.78. The SMILES string of the molecule is CCC1=[NH+][C@H](C)CC1c1ccc(Cl)nc1. The summed E-state index contributed by atoms with van der Waals surface area (Å²) in [4.78, 5) is 7.66. The van der Waals surface area contributed by atoms with E-state index in [1.165, 1.54) is 11.3 Å². The first-order valence-electron chi connectivity index (χ1n) is 5.44. The molecule has 1 N–H and O–H groups in total. The van der Waals surface area contributed by atoms with Gasteiger partial charge in [0.1, 0.15) is 11.2 Å². The Morgan fingerprint density at radius 1 is 1.53 bits per heavy atom. The number of pyridine rings is 1. The molecule has 3 heteroatoms. The molecule has 0 radical (unpaired) electrons. The van der Waals surface area contributed by atoms with Gasteiger partial charge in [0, 0.05) is 19.0 Å². The molecule has 2 rings (SSSR count). The summed E-state index contributed by atoms with van der Waals surface area (Å²) in [6.07, 6.45) is 4.13. The highest BCUT2D eigenvalue weighted by atomic mass is 35.5. The summed E-state index contributed by atoms with van der Waals surface area (Å²) in [6.45, 7) is 4.41. The number of rotatable bonds is 2. The van der Waals surface area contributed by atoms with Gasteiger partial charge < -0.3 is 0 Å². The number of hydrogen-bond donors (Lipinski definition) is 1. The van der Waals surface area contributed by atoms with Crippen molar-refractivity contribution in [3.05, 3.63) is 29.0 Å². The van der Waals surface area contributed by atoms with Crippen LogP contribution >= 0.6 is 11.6 Å². The average molecular weight is 224 g/mol. The largest absolute Gasteiger partial charge is 0.246 e. The molecule has 0 bridgehead atoms. The van der Waals surface area contributed by atoms with Gasteiger partial charge in [0.25, 0.3) is 0 Å². The summed E-state index contributed by atoms with van der Waals surface area (Å²) in [7, 11) is 0. The van der Waals surface area contributed by atoms with Crippen molar-refractivity contribution in [1.29, 1.82) is 0 Å². The Bertz CT molecular complexity index is 370. The molecular formula is C12H16ClN2+. The van der Waals surface area contributed by atoms with Crippen LogP contribution in [0.2, 0.25) is 5.15 Å². The normalized spacial score (nSPS) is 25.4. The summed E-state index contributed by atoms with van der Waals surface area (Å²) in [5.41, 5.74) is 2.69. The van der Waals surface area contributed by atoms with E-state index in [9.17, 15) is 0 Å². The molecular weight excluding hydrogens is 208 g/mol. The predicted octanol–water partition coefficient (Wildman–Crippen LogP) is 1.54. The minimum Gasteiger partial charge on any atom is -0.246 e. The van der Waals surface area contributed by atoms with Crippen molar-refractivity contribution in [2.24, 2.45) is 0 Å². The summed E-state index contributed by atoms with van der Waals surface area (Å²) < 4.78 is 0. The van der Waals surface area contributed by atoms with E-state index >= 15 is 0 Å². The molecule has 1 aliphatic rings. The van der Waals surface area contributed by atoms with Crippen LogP contribution in [0.25, 0.3) is 0 Å². The fourth-order valence-corrected chi connectivity index (χ4v) is 2.36. The fraction of sp³-hybridized carbons (Fsp3) is 0.500. The zero-order chi connectivity index (χ0) is 10.8. The molecule has 0 aromatic carbocycles. The highest BCUT2D eigenvalue weighted by Crippen LogP contribution is 2.24. The minimum absolute atomic E-state index is 0.509. The summed E-state index contributed by atoms with van der Waals surface area (Å²) in [6, 6.07) is 4.52. The number of halogens is 1. The Labute approximate surface area is 95.4 Å². The van der Waals surface area contributed by atoms with Crippen molar-refractivity contribution in [1.82, 2.24) is 4.98 Å². The van der Waals surface area contributed by atoms with Crippen molar-refractivity contribution < 1.29 is 4.99 Å². The van der Waals surface area contributed by atoms with Gasteiger partial charge in [-0.3, -0.25) is 0 Å². The lowest BCUT2D eigenvalue weighted by Gasteiger charge is -2.07. The zero-order valence-corrected chi connectivity index (χ0v) is 9.88. The molecule has 1 aromatic rings. The molecule has 15 heavy (non-hydrogen) atoms. The van der Waals surface area contributed by atoms with Gasteiger partial charge in [0.05, 0.1) is 5.92 Å². The van der Waals surface area contributed by atoms with Crippen LogP contribution in [-0.2, 0) is 0 Å². The quantitative estimate of drug-likeness (QED) is 0.757. The van der Waals surface area contributed by atoms with Gasteiger partial charge in [-0.2, -0.15) is 0 Å². The second kappa shape index (κ2) is 4.31. The maximum Gasteiger partial charge on any atom is 0.158 e. The summed E-state index contributed by atoms with van der Waals surface area (Å²) >= 11 is 5.78. The third-order valence-electron chi connectivity index (χ3n) is 2.98. The summed E-state index contributed by atoms with van der Waals surface area (Å²) in [5, 5.41) is 0.566. The molecule has 2 atom stereocenters. The Balaban J connectivity index is 2.25. The molecule has 1 aliphatic heterocycles. The predicted molar refractivity (Wildman–Crippen MR) is 62.3 cm³/mol. The van der Waals surface area contributed by atoms with Gasteiger partial charge in [-0.05, 0) is 18.6 Å². The van der Waals surface area contributed by atoms with Crippen molar-refractivity contribution in [3.8, 4) is 0 Å². The average Bonchev–Trinajstić information content (AvgIpc) is 2.61. The lowest BCUT2D eigenvalue weighted by Crippen LogP contribution is -2.75. The second-order valence-electron chi connectivity index (χ2n) is 4.13. The first kappa shape index (κ1) is 10.6. The lowest BCUT2D eigenvalue weighted by atomic mass is 9.92. The van der Waals surface area contributed by atoms with Crippen molar-refractivity contribution >= 4 is 17.3 Å². The Morgan fingerprint density at radius 3 is 2.93 bits per heavy atom. The Morgan fingerprint density at radius 2 is 2.33 bits per heavy atom. The number of nitrogens with one attached hydrogen (secondary N) is 1. The Kier molecular flexibility index (Phi) is 3.06. The number of nitrogens with zero attached hydrogens (tertiary/aromatic N) is 1. The van der Waals surface area contributed by atoms with Crippen LogP contribution in [-0.4, -0.2) is 16.7 Å². The molecule has 0 saturated carbocycles. The number of aromatic nitrogens is 1. The van der Waals surface area contributed by atoms with Gasteiger partial charge in [-0.1, -0.05) is 24.6 Å². The van der Waals surface area contributed by atoms with Crippen LogP contribution in [0.1, 0.15) is 38.2 Å². The third kappa shape index (κ3) is 2.20.